The molecule has 8 rings (SSSR count). The molecule has 0 spiro atoms. The predicted molar refractivity (Wildman–Crippen MR) is 153 cm³/mol. The van der Waals surface area contributed by atoms with Gasteiger partial charge in [0.15, 0.2) is 17.5 Å². The molecule has 11 heteroatoms. The summed E-state index contributed by atoms with van der Waals surface area (Å²) >= 11 is 0. The van der Waals surface area contributed by atoms with E-state index in [0.29, 0.717) is 29.8 Å². The van der Waals surface area contributed by atoms with Gasteiger partial charge in [0.25, 0.3) is 0 Å². The number of aryl methyl sites for hydroxylation is 2. The van der Waals surface area contributed by atoms with E-state index in [0.717, 1.165) is 47.5 Å². The van der Waals surface area contributed by atoms with Crippen LogP contribution in [0.5, 0.6) is 0 Å². The molecule has 11 nitrogen and oxygen atoms in total. The maximum absolute atomic E-state index is 4.81. The third-order valence-corrected chi connectivity index (χ3v) is 7.84. The van der Waals surface area contributed by atoms with Gasteiger partial charge in [-0.05, 0) is 57.0 Å². The first-order valence-electron chi connectivity index (χ1n) is 13.6. The summed E-state index contributed by atoms with van der Waals surface area (Å²) < 4.78 is 1.78. The van der Waals surface area contributed by atoms with Gasteiger partial charge in [-0.1, -0.05) is 6.07 Å². The minimum absolute atomic E-state index is 0.312. The van der Waals surface area contributed by atoms with Crippen molar-refractivity contribution in [1.29, 1.82) is 0 Å². The summed E-state index contributed by atoms with van der Waals surface area (Å²) in [6, 6.07) is 15.4. The normalized spacial score (nSPS) is 19.3. The number of H-pyrrole nitrogens is 1. The van der Waals surface area contributed by atoms with E-state index in [1.165, 1.54) is 12.0 Å². The van der Waals surface area contributed by atoms with Crippen molar-refractivity contribution in [3.63, 3.8) is 0 Å². The van der Waals surface area contributed by atoms with Gasteiger partial charge in [0.1, 0.15) is 11.6 Å². The second kappa shape index (κ2) is 9.83. The molecule has 3 unspecified atom stereocenters. The average molecular weight is 534 g/mol. The zero-order chi connectivity index (χ0) is 27.2. The number of fused-ring (bicyclic) bond motifs is 2. The molecule has 3 fully saturated rings. The fourth-order valence-electron chi connectivity index (χ4n) is 5.90. The number of rotatable bonds is 7. The zero-order valence-corrected chi connectivity index (χ0v) is 22.7. The number of hydrogen-bond donors (Lipinski definition) is 2. The molecule has 5 aromatic rings. The van der Waals surface area contributed by atoms with Crippen LogP contribution in [0.25, 0.3) is 17.2 Å². The zero-order valence-electron chi connectivity index (χ0n) is 22.7. The van der Waals surface area contributed by atoms with Crippen LogP contribution in [0.15, 0.2) is 67.3 Å². The van der Waals surface area contributed by atoms with Crippen molar-refractivity contribution in [2.75, 3.05) is 23.3 Å². The SMILES string of the molecule is Cc1cc(Nc2cc(C)[nH]n2)nc(-c2ccc(N3CC4CC(C3)N4C(C)c3ccc(-n4cccn4)nc3)nc2)n1. The minimum Gasteiger partial charge on any atom is -0.353 e. The molecular formula is C29H31N11. The van der Waals surface area contributed by atoms with Crippen LogP contribution in [-0.2, 0) is 0 Å². The Bertz CT molecular complexity index is 1600. The first-order valence-corrected chi connectivity index (χ1v) is 13.6. The van der Waals surface area contributed by atoms with Gasteiger partial charge < -0.3 is 10.2 Å². The third-order valence-electron chi connectivity index (χ3n) is 7.84. The number of pyridine rings is 2. The lowest BCUT2D eigenvalue weighted by Gasteiger charge is -2.59. The number of aromatic amines is 1. The third kappa shape index (κ3) is 4.58. The summed E-state index contributed by atoms with van der Waals surface area (Å²) in [6.45, 7) is 8.13. The molecule has 0 radical (unpaired) electrons. The number of aromatic nitrogens is 8. The van der Waals surface area contributed by atoms with E-state index in [1.54, 1.807) is 10.9 Å². The van der Waals surface area contributed by atoms with Crippen molar-refractivity contribution >= 4 is 17.5 Å². The Hall–Kier alpha value is -4.64. The van der Waals surface area contributed by atoms with Crippen LogP contribution in [-0.4, -0.2) is 70.0 Å². The molecule has 3 aliphatic rings. The number of piperidine rings is 1. The summed E-state index contributed by atoms with van der Waals surface area (Å²) in [4.78, 5) is 23.8. The first kappa shape index (κ1) is 24.4. The highest BCUT2D eigenvalue weighted by Crippen LogP contribution is 2.40. The maximum atomic E-state index is 4.81. The Balaban J connectivity index is 1.01. The monoisotopic (exact) mass is 533 g/mol. The molecule has 5 aromatic heterocycles. The number of nitrogens with zero attached hydrogens (tertiary/aromatic N) is 9. The van der Waals surface area contributed by atoms with Crippen LogP contribution < -0.4 is 10.2 Å². The molecule has 0 aromatic carbocycles. The maximum Gasteiger partial charge on any atom is 0.163 e. The summed E-state index contributed by atoms with van der Waals surface area (Å²) in [7, 11) is 0. The van der Waals surface area contributed by atoms with Crippen molar-refractivity contribution in [3.05, 3.63) is 84.2 Å². The van der Waals surface area contributed by atoms with Gasteiger partial charge in [-0.25, -0.2) is 24.6 Å². The summed E-state index contributed by atoms with van der Waals surface area (Å²) in [5.74, 6) is 3.90. The number of nitrogens with one attached hydrogen (secondary N) is 2. The highest BCUT2D eigenvalue weighted by Gasteiger charge is 2.47. The van der Waals surface area contributed by atoms with E-state index in [4.69, 9.17) is 9.97 Å². The molecule has 3 saturated heterocycles. The van der Waals surface area contributed by atoms with Crippen LogP contribution in [0.1, 0.15) is 36.3 Å². The summed E-state index contributed by atoms with van der Waals surface area (Å²) in [6.07, 6.45) is 8.76. The lowest BCUT2D eigenvalue weighted by molar-refractivity contribution is -0.0344. The Morgan fingerprint density at radius 1 is 0.950 bits per heavy atom. The fraction of sp³-hybridized carbons (Fsp3) is 0.310. The molecular weight excluding hydrogens is 502 g/mol. The fourth-order valence-corrected chi connectivity index (χ4v) is 5.90. The molecule has 3 atom stereocenters. The standard InChI is InChI=1S/C29H31N11/c1-18-11-25(34-26-12-19(2)36-37-26)35-29(33-18)22-6-7-27(30-15-22)38-16-23-13-24(17-38)40(23)20(3)21-5-8-28(31-14-21)39-10-4-9-32-39/h4-12,14-15,20,23-24H,13,16-17H2,1-3H3,(H2,33,34,35,36,37). The van der Waals surface area contributed by atoms with Crippen LogP contribution in [0.2, 0.25) is 0 Å². The Labute approximate surface area is 232 Å². The molecule has 8 heterocycles. The molecule has 3 aliphatic heterocycles. The second-order valence-corrected chi connectivity index (χ2v) is 10.7. The van der Waals surface area contributed by atoms with E-state index < -0.39 is 0 Å². The van der Waals surface area contributed by atoms with Gasteiger partial charge in [0, 0.05) is 85.1 Å². The van der Waals surface area contributed by atoms with E-state index >= 15 is 0 Å². The number of piperazine rings is 1. The number of hydrogen-bond acceptors (Lipinski definition) is 9. The van der Waals surface area contributed by atoms with Gasteiger partial charge in [-0.2, -0.15) is 10.2 Å². The van der Waals surface area contributed by atoms with E-state index in [1.807, 2.05) is 56.7 Å². The Kier molecular flexibility index (Phi) is 6.00. The molecule has 2 N–H and O–H groups in total. The molecule has 0 saturated carbocycles. The topological polar surface area (TPSA) is 117 Å². The van der Waals surface area contributed by atoms with Crippen molar-refractivity contribution in [1.82, 2.24) is 44.8 Å². The van der Waals surface area contributed by atoms with Crippen molar-refractivity contribution in [3.8, 4) is 17.2 Å². The van der Waals surface area contributed by atoms with Crippen LogP contribution in [0, 0.1) is 13.8 Å². The van der Waals surface area contributed by atoms with E-state index in [-0.39, 0.29) is 0 Å². The van der Waals surface area contributed by atoms with Gasteiger partial charge in [0.2, 0.25) is 0 Å². The van der Waals surface area contributed by atoms with Gasteiger partial charge in [0.05, 0.1) is 0 Å². The lowest BCUT2D eigenvalue weighted by atomic mass is 9.84. The van der Waals surface area contributed by atoms with Gasteiger partial charge in [-0.3, -0.25) is 10.00 Å². The largest absolute Gasteiger partial charge is 0.353 e. The molecule has 202 valence electrons. The average Bonchev–Trinajstić information content (AvgIpc) is 3.65. The van der Waals surface area contributed by atoms with Crippen LogP contribution in [0.4, 0.5) is 17.5 Å². The minimum atomic E-state index is 0.312. The van der Waals surface area contributed by atoms with E-state index in [2.05, 4.69) is 65.5 Å². The summed E-state index contributed by atoms with van der Waals surface area (Å²) in [5.41, 5.74) is 3.98. The Morgan fingerprint density at radius 3 is 2.45 bits per heavy atom. The molecule has 2 bridgehead atoms. The smallest absolute Gasteiger partial charge is 0.163 e. The van der Waals surface area contributed by atoms with Crippen molar-refractivity contribution in [2.45, 2.75) is 45.3 Å². The highest BCUT2D eigenvalue weighted by atomic mass is 15.4. The van der Waals surface area contributed by atoms with Crippen LogP contribution in [0.3, 0.4) is 0 Å². The quantitative estimate of drug-likeness (QED) is 0.317. The molecule has 0 aliphatic carbocycles. The second-order valence-electron chi connectivity index (χ2n) is 10.7. The molecule has 0 amide bonds. The Morgan fingerprint density at radius 2 is 1.77 bits per heavy atom. The van der Waals surface area contributed by atoms with Crippen molar-refractivity contribution in [2.24, 2.45) is 0 Å². The van der Waals surface area contributed by atoms with Gasteiger partial charge >= 0.3 is 0 Å². The van der Waals surface area contributed by atoms with Crippen LogP contribution >= 0.6 is 0 Å². The van der Waals surface area contributed by atoms with Gasteiger partial charge in [-0.15, -0.1) is 0 Å². The summed E-state index contributed by atoms with van der Waals surface area (Å²) in [5, 5.41) is 14.7. The molecule has 40 heavy (non-hydrogen) atoms. The predicted octanol–water partition coefficient (Wildman–Crippen LogP) is 4.23. The highest BCUT2D eigenvalue weighted by molar-refractivity contribution is 5.61. The number of anilines is 3. The lowest BCUT2D eigenvalue weighted by Crippen LogP contribution is -2.69. The first-order chi connectivity index (χ1) is 19.5. The van der Waals surface area contributed by atoms with Crippen molar-refractivity contribution < 1.29 is 0 Å². The van der Waals surface area contributed by atoms with E-state index in [9.17, 15) is 0 Å².